The zero-order chi connectivity index (χ0) is 25.4. The van der Waals surface area contributed by atoms with Gasteiger partial charge in [0.2, 0.25) is 0 Å². The number of carbonyl (C=O) groups is 2. The van der Waals surface area contributed by atoms with E-state index in [0.29, 0.717) is 17.1 Å². The molecule has 0 spiro atoms. The van der Waals surface area contributed by atoms with Crippen LogP contribution in [0, 0.1) is 20.8 Å². The average Bonchev–Trinajstić information content (AvgIpc) is 3.62. The Morgan fingerprint density at radius 3 is 2.39 bits per heavy atom. The van der Waals surface area contributed by atoms with Gasteiger partial charge in [-0.25, -0.2) is 4.98 Å². The molecule has 5 rings (SSSR count). The molecule has 1 fully saturated rings. The summed E-state index contributed by atoms with van der Waals surface area (Å²) < 4.78 is 1.99. The van der Waals surface area contributed by atoms with Crippen LogP contribution in [0.5, 0.6) is 0 Å². The number of aromatic nitrogens is 2. The van der Waals surface area contributed by atoms with E-state index in [1.165, 1.54) is 0 Å². The van der Waals surface area contributed by atoms with Crippen LogP contribution in [-0.2, 0) is 4.79 Å². The quantitative estimate of drug-likeness (QED) is 0.294. The molecule has 0 aliphatic heterocycles. The smallest absolute Gasteiger partial charge is 0.305 e. The van der Waals surface area contributed by atoms with Crippen LogP contribution < -0.4 is 10.6 Å². The minimum absolute atomic E-state index is 0.198. The van der Waals surface area contributed by atoms with Gasteiger partial charge in [-0.2, -0.15) is 0 Å². The number of rotatable bonds is 8. The van der Waals surface area contributed by atoms with Crippen LogP contribution in [0.3, 0.4) is 0 Å². The number of aryl methyl sites for hydroxylation is 3. The number of imidazole rings is 1. The fraction of sp³-hybridized carbons (Fsp3) is 0.276. The van der Waals surface area contributed by atoms with Crippen molar-refractivity contribution >= 4 is 29.0 Å². The van der Waals surface area contributed by atoms with Crippen LogP contribution in [-0.4, -0.2) is 26.4 Å². The fourth-order valence-electron chi connectivity index (χ4n) is 4.57. The van der Waals surface area contributed by atoms with Gasteiger partial charge in [0.25, 0.3) is 5.91 Å². The Morgan fingerprint density at radius 2 is 1.75 bits per heavy atom. The Labute approximate surface area is 210 Å². The normalized spacial score (nSPS) is 14.0. The highest BCUT2D eigenvalue weighted by Gasteiger charge is 2.31. The van der Waals surface area contributed by atoms with Crippen molar-refractivity contribution in [3.05, 3.63) is 94.3 Å². The van der Waals surface area contributed by atoms with E-state index in [1.807, 2.05) is 47.9 Å². The first-order valence-corrected chi connectivity index (χ1v) is 12.2. The molecule has 3 N–H and O–H groups in total. The summed E-state index contributed by atoms with van der Waals surface area (Å²) >= 11 is 0. The molecule has 2 aromatic carbocycles. The highest BCUT2D eigenvalue weighted by molar-refractivity contribution is 5.95. The van der Waals surface area contributed by atoms with E-state index in [1.54, 1.807) is 12.1 Å². The van der Waals surface area contributed by atoms with E-state index in [0.717, 1.165) is 52.3 Å². The van der Waals surface area contributed by atoms with Gasteiger partial charge in [-0.3, -0.25) is 14.0 Å². The Morgan fingerprint density at radius 1 is 1.06 bits per heavy atom. The molecule has 0 saturated heterocycles. The lowest BCUT2D eigenvalue weighted by molar-refractivity contribution is -0.137. The van der Waals surface area contributed by atoms with Gasteiger partial charge < -0.3 is 15.7 Å². The number of carbonyl (C=O) groups excluding carboxylic acids is 1. The molecular formula is C29H30N4O3. The number of anilines is 2. The zero-order valence-electron chi connectivity index (χ0n) is 20.7. The van der Waals surface area contributed by atoms with Gasteiger partial charge in [-0.15, -0.1) is 0 Å². The van der Waals surface area contributed by atoms with Crippen LogP contribution in [0.15, 0.2) is 60.8 Å². The van der Waals surface area contributed by atoms with E-state index in [-0.39, 0.29) is 12.3 Å². The molecule has 2 aromatic heterocycles. The summed E-state index contributed by atoms with van der Waals surface area (Å²) in [5, 5.41) is 15.9. The van der Waals surface area contributed by atoms with Crippen molar-refractivity contribution in [3.63, 3.8) is 0 Å². The number of aliphatic carboxylic acids is 1. The lowest BCUT2D eigenvalue weighted by Crippen LogP contribution is -2.30. The standard InChI is InChI=1S/C29H30N4O3/c1-17-7-9-20(10-8-17)23(16-25(34)35)30-29(36)22-13-14-33-24(15-22)31-27(21-11-12-21)28(33)32-26-18(2)5-4-6-19(26)3/h4-10,13-15,21,23,32H,11-12,16H2,1-3H3,(H,30,36)(H,34,35). The predicted molar refractivity (Wildman–Crippen MR) is 140 cm³/mol. The number of benzene rings is 2. The van der Waals surface area contributed by atoms with E-state index in [2.05, 4.69) is 36.6 Å². The molecule has 7 nitrogen and oxygen atoms in total. The highest BCUT2D eigenvalue weighted by Crippen LogP contribution is 2.44. The molecule has 1 aliphatic rings. The van der Waals surface area contributed by atoms with Crippen LogP contribution in [0.25, 0.3) is 5.65 Å². The lowest BCUT2D eigenvalue weighted by atomic mass is 10.0. The SMILES string of the molecule is Cc1ccc(C(CC(=O)O)NC(=O)c2ccn3c(Nc4c(C)cccc4C)c(C4CC4)nc3c2)cc1. The summed E-state index contributed by atoms with van der Waals surface area (Å²) in [6, 6.07) is 16.6. The maximum absolute atomic E-state index is 13.2. The van der Waals surface area contributed by atoms with E-state index >= 15 is 0 Å². The van der Waals surface area contributed by atoms with Gasteiger partial charge in [0.15, 0.2) is 0 Å². The summed E-state index contributed by atoms with van der Waals surface area (Å²) in [5.41, 5.74) is 7.34. The number of para-hydroxylation sites is 1. The van der Waals surface area contributed by atoms with Crippen LogP contribution in [0.2, 0.25) is 0 Å². The monoisotopic (exact) mass is 482 g/mol. The van der Waals surface area contributed by atoms with Crippen molar-refractivity contribution in [2.24, 2.45) is 0 Å². The van der Waals surface area contributed by atoms with Gasteiger partial charge >= 0.3 is 5.97 Å². The number of hydrogen-bond acceptors (Lipinski definition) is 4. The van der Waals surface area contributed by atoms with Gasteiger partial charge in [0.05, 0.1) is 18.2 Å². The second-order valence-corrected chi connectivity index (χ2v) is 9.69. The molecule has 184 valence electrons. The van der Waals surface area contributed by atoms with Crippen molar-refractivity contribution < 1.29 is 14.7 Å². The summed E-state index contributed by atoms with van der Waals surface area (Å²) in [6.45, 7) is 6.13. The van der Waals surface area contributed by atoms with Gasteiger partial charge in [0.1, 0.15) is 11.5 Å². The first kappa shape index (κ1) is 23.6. The third-order valence-electron chi connectivity index (χ3n) is 6.77. The number of carboxylic acids is 1. The third-order valence-corrected chi connectivity index (χ3v) is 6.77. The van der Waals surface area contributed by atoms with Crippen molar-refractivity contribution in [1.82, 2.24) is 14.7 Å². The molecule has 1 amide bonds. The number of fused-ring (bicyclic) bond motifs is 1. The Hall–Kier alpha value is -4.13. The lowest BCUT2D eigenvalue weighted by Gasteiger charge is -2.18. The molecule has 7 heteroatoms. The molecule has 36 heavy (non-hydrogen) atoms. The molecule has 1 aliphatic carbocycles. The van der Waals surface area contributed by atoms with E-state index in [9.17, 15) is 14.7 Å². The second-order valence-electron chi connectivity index (χ2n) is 9.69. The first-order valence-electron chi connectivity index (χ1n) is 12.2. The van der Waals surface area contributed by atoms with E-state index < -0.39 is 12.0 Å². The largest absolute Gasteiger partial charge is 0.481 e. The Balaban J connectivity index is 1.46. The van der Waals surface area contributed by atoms with Crippen molar-refractivity contribution in [1.29, 1.82) is 0 Å². The topological polar surface area (TPSA) is 95.7 Å². The van der Waals surface area contributed by atoms with Crippen LogP contribution in [0.1, 0.15) is 69.5 Å². The number of hydrogen-bond donors (Lipinski definition) is 3. The second kappa shape index (κ2) is 9.49. The number of nitrogens with one attached hydrogen (secondary N) is 2. The number of pyridine rings is 1. The zero-order valence-corrected chi connectivity index (χ0v) is 20.7. The van der Waals surface area contributed by atoms with Crippen LogP contribution in [0.4, 0.5) is 11.5 Å². The summed E-state index contributed by atoms with van der Waals surface area (Å²) in [4.78, 5) is 29.6. The molecule has 1 unspecified atom stereocenters. The van der Waals surface area contributed by atoms with Crippen molar-refractivity contribution in [2.75, 3.05) is 5.32 Å². The average molecular weight is 483 g/mol. The highest BCUT2D eigenvalue weighted by atomic mass is 16.4. The maximum Gasteiger partial charge on any atom is 0.305 e. The number of carboxylic acid groups (broad SMARTS) is 1. The molecule has 1 atom stereocenters. The minimum atomic E-state index is -0.971. The van der Waals surface area contributed by atoms with Crippen LogP contribution >= 0.6 is 0 Å². The number of nitrogens with zero attached hydrogens (tertiary/aromatic N) is 2. The summed E-state index contributed by atoms with van der Waals surface area (Å²) in [7, 11) is 0. The first-order chi connectivity index (χ1) is 17.3. The summed E-state index contributed by atoms with van der Waals surface area (Å²) in [6.07, 6.45) is 3.87. The molecule has 0 bridgehead atoms. The molecule has 0 radical (unpaired) electrons. The third kappa shape index (κ3) is 4.82. The van der Waals surface area contributed by atoms with Crippen molar-refractivity contribution in [3.8, 4) is 0 Å². The minimum Gasteiger partial charge on any atom is -0.481 e. The molecule has 1 saturated carbocycles. The van der Waals surface area contributed by atoms with Gasteiger partial charge in [-0.05, 0) is 62.4 Å². The molecule has 2 heterocycles. The van der Waals surface area contributed by atoms with Crippen molar-refractivity contribution in [2.45, 2.75) is 52.0 Å². The van der Waals surface area contributed by atoms with Gasteiger partial charge in [0, 0.05) is 23.4 Å². The predicted octanol–water partition coefficient (Wildman–Crippen LogP) is 5.83. The Bertz CT molecular complexity index is 1430. The fourth-order valence-corrected chi connectivity index (χ4v) is 4.57. The van der Waals surface area contributed by atoms with Gasteiger partial charge in [-0.1, -0.05) is 48.0 Å². The van der Waals surface area contributed by atoms with E-state index in [4.69, 9.17) is 4.98 Å². The molecule has 4 aromatic rings. The molecular weight excluding hydrogens is 452 g/mol. The maximum atomic E-state index is 13.2. The summed E-state index contributed by atoms with van der Waals surface area (Å²) in [5.74, 6) is 0.0428. The Kier molecular flexibility index (Phi) is 6.22. The number of amides is 1.